The van der Waals surface area contributed by atoms with Crippen LogP contribution in [0.25, 0.3) is 28.9 Å². The molecule has 144 valence electrons. The molecule has 0 bridgehead atoms. The Bertz CT molecular complexity index is 1030. The standard InChI is InChI=1S/C20H16O4S4/c1-3-23-19(21)11-5-7-25-17(11)15-9-13-14(27-15)10-16(28-13)18-12(6-8-26-18)20(22)24-4-2/h5-10H,3-4H2,1-2H3. The summed E-state index contributed by atoms with van der Waals surface area (Å²) in [5.74, 6) is -0.567. The van der Waals surface area contributed by atoms with E-state index in [2.05, 4.69) is 12.1 Å². The van der Waals surface area contributed by atoms with Crippen LogP contribution in [0.15, 0.2) is 35.0 Å². The lowest BCUT2D eigenvalue weighted by molar-refractivity contribution is 0.0518. The van der Waals surface area contributed by atoms with E-state index in [1.165, 1.54) is 0 Å². The Morgan fingerprint density at radius 2 is 1.21 bits per heavy atom. The van der Waals surface area contributed by atoms with Crippen molar-refractivity contribution >= 4 is 66.7 Å². The Morgan fingerprint density at radius 3 is 1.61 bits per heavy atom. The van der Waals surface area contributed by atoms with Crippen LogP contribution in [0.3, 0.4) is 0 Å². The van der Waals surface area contributed by atoms with Crippen molar-refractivity contribution < 1.29 is 19.1 Å². The molecule has 0 aromatic carbocycles. The highest BCUT2D eigenvalue weighted by Crippen LogP contribution is 2.45. The van der Waals surface area contributed by atoms with E-state index >= 15 is 0 Å². The number of thiophene rings is 4. The number of rotatable bonds is 6. The molecule has 0 aliphatic heterocycles. The molecule has 0 saturated carbocycles. The molecule has 4 aromatic rings. The largest absolute Gasteiger partial charge is 0.462 e. The van der Waals surface area contributed by atoms with Crippen molar-refractivity contribution in [3.8, 4) is 19.5 Å². The van der Waals surface area contributed by atoms with E-state index in [-0.39, 0.29) is 11.9 Å². The molecule has 4 heterocycles. The van der Waals surface area contributed by atoms with Gasteiger partial charge in [0, 0.05) is 19.2 Å². The minimum Gasteiger partial charge on any atom is -0.462 e. The Labute approximate surface area is 178 Å². The summed E-state index contributed by atoms with van der Waals surface area (Å²) in [6.07, 6.45) is 0. The number of carbonyl (C=O) groups is 2. The molecule has 0 N–H and O–H groups in total. The molecular formula is C20H16O4S4. The predicted octanol–water partition coefficient (Wildman–Crippen LogP) is 6.77. The zero-order valence-corrected chi connectivity index (χ0v) is 18.4. The molecule has 4 rings (SSSR count). The summed E-state index contributed by atoms with van der Waals surface area (Å²) >= 11 is 6.39. The van der Waals surface area contributed by atoms with Crippen molar-refractivity contribution in [3.63, 3.8) is 0 Å². The Balaban J connectivity index is 1.68. The molecule has 0 unspecified atom stereocenters. The normalized spacial score (nSPS) is 11.1. The van der Waals surface area contributed by atoms with Gasteiger partial charge >= 0.3 is 11.9 Å². The van der Waals surface area contributed by atoms with E-state index in [0.29, 0.717) is 24.3 Å². The molecule has 0 spiro atoms. The predicted molar refractivity (Wildman–Crippen MR) is 118 cm³/mol. The van der Waals surface area contributed by atoms with Gasteiger partial charge in [0.2, 0.25) is 0 Å². The van der Waals surface area contributed by atoms with Crippen molar-refractivity contribution in [2.75, 3.05) is 13.2 Å². The van der Waals surface area contributed by atoms with Crippen molar-refractivity contribution in [3.05, 3.63) is 46.2 Å². The molecule has 0 aliphatic rings. The molecule has 4 aromatic heterocycles. The number of carbonyl (C=O) groups excluding carboxylic acids is 2. The van der Waals surface area contributed by atoms with Crippen molar-refractivity contribution in [1.29, 1.82) is 0 Å². The third kappa shape index (κ3) is 3.53. The molecule has 0 atom stereocenters. The first-order chi connectivity index (χ1) is 13.6. The van der Waals surface area contributed by atoms with Gasteiger partial charge in [0.1, 0.15) is 0 Å². The van der Waals surface area contributed by atoms with Crippen LogP contribution in [0.1, 0.15) is 34.6 Å². The molecular weight excluding hydrogens is 432 g/mol. The number of hydrogen-bond acceptors (Lipinski definition) is 8. The topological polar surface area (TPSA) is 52.6 Å². The van der Waals surface area contributed by atoms with Crippen LogP contribution in [0, 0.1) is 0 Å². The maximum Gasteiger partial charge on any atom is 0.339 e. The highest BCUT2D eigenvalue weighted by atomic mass is 32.1. The Hall–Kier alpha value is -2.00. The lowest BCUT2D eigenvalue weighted by Gasteiger charge is -2.02. The highest BCUT2D eigenvalue weighted by molar-refractivity contribution is 7.33. The first-order valence-electron chi connectivity index (χ1n) is 8.65. The maximum atomic E-state index is 12.2. The Morgan fingerprint density at radius 1 is 0.786 bits per heavy atom. The van der Waals surface area contributed by atoms with E-state index in [4.69, 9.17) is 9.47 Å². The van der Waals surface area contributed by atoms with Crippen LogP contribution in [0.5, 0.6) is 0 Å². The van der Waals surface area contributed by atoms with Gasteiger partial charge in [-0.3, -0.25) is 0 Å². The SMILES string of the molecule is CCOC(=O)c1ccsc1-c1cc2sc(-c3sccc3C(=O)OCC)cc2s1. The van der Waals surface area contributed by atoms with Gasteiger partial charge in [-0.1, -0.05) is 0 Å². The second kappa shape index (κ2) is 8.16. The fraction of sp³-hybridized carbons (Fsp3) is 0.200. The fourth-order valence-corrected chi connectivity index (χ4v) is 7.23. The maximum absolute atomic E-state index is 12.2. The van der Waals surface area contributed by atoms with E-state index in [1.54, 1.807) is 45.3 Å². The molecule has 8 heteroatoms. The minimum absolute atomic E-state index is 0.283. The number of ether oxygens (including phenoxy) is 2. The van der Waals surface area contributed by atoms with Gasteiger partial charge in [0.05, 0.1) is 34.1 Å². The quantitative estimate of drug-likeness (QED) is 0.305. The van der Waals surface area contributed by atoms with Crippen LogP contribution < -0.4 is 0 Å². The number of fused-ring (bicyclic) bond motifs is 1. The molecule has 0 amide bonds. The first kappa shape index (κ1) is 19.3. The smallest absolute Gasteiger partial charge is 0.339 e. The van der Waals surface area contributed by atoms with Gasteiger partial charge in [-0.15, -0.1) is 45.3 Å². The summed E-state index contributed by atoms with van der Waals surface area (Å²) in [7, 11) is 0. The van der Waals surface area contributed by atoms with E-state index < -0.39 is 0 Å². The molecule has 4 nitrogen and oxygen atoms in total. The second-order valence-electron chi connectivity index (χ2n) is 5.72. The minimum atomic E-state index is -0.283. The zero-order valence-electron chi connectivity index (χ0n) is 15.1. The van der Waals surface area contributed by atoms with Gasteiger partial charge in [0.25, 0.3) is 0 Å². The van der Waals surface area contributed by atoms with E-state index in [0.717, 1.165) is 28.9 Å². The van der Waals surface area contributed by atoms with Crippen LogP contribution in [0.2, 0.25) is 0 Å². The van der Waals surface area contributed by atoms with Gasteiger partial charge in [-0.25, -0.2) is 9.59 Å². The third-order valence-corrected chi connectivity index (χ3v) is 8.46. The zero-order chi connectivity index (χ0) is 19.7. The van der Waals surface area contributed by atoms with E-state index in [1.807, 2.05) is 36.7 Å². The van der Waals surface area contributed by atoms with Crippen molar-refractivity contribution in [2.24, 2.45) is 0 Å². The first-order valence-corrected chi connectivity index (χ1v) is 12.0. The van der Waals surface area contributed by atoms with Crippen LogP contribution in [0.4, 0.5) is 0 Å². The highest BCUT2D eigenvalue weighted by Gasteiger charge is 2.20. The number of hydrogen-bond donors (Lipinski definition) is 0. The van der Waals surface area contributed by atoms with Gasteiger partial charge in [0.15, 0.2) is 0 Å². The molecule has 0 fully saturated rings. The second-order valence-corrected chi connectivity index (χ2v) is 9.72. The van der Waals surface area contributed by atoms with Gasteiger partial charge < -0.3 is 9.47 Å². The number of esters is 2. The molecule has 0 aliphatic carbocycles. The third-order valence-electron chi connectivity index (χ3n) is 3.98. The fourth-order valence-electron chi connectivity index (χ4n) is 2.80. The monoisotopic (exact) mass is 448 g/mol. The van der Waals surface area contributed by atoms with Crippen LogP contribution >= 0.6 is 45.3 Å². The summed E-state index contributed by atoms with van der Waals surface area (Å²) in [5, 5.41) is 3.83. The van der Waals surface area contributed by atoms with Crippen LogP contribution in [-0.2, 0) is 9.47 Å². The summed E-state index contributed by atoms with van der Waals surface area (Å²) in [4.78, 5) is 28.3. The Kier molecular flexibility index (Phi) is 5.63. The summed E-state index contributed by atoms with van der Waals surface area (Å²) in [6, 6.07) is 7.85. The van der Waals surface area contributed by atoms with Gasteiger partial charge in [-0.05, 0) is 48.9 Å². The van der Waals surface area contributed by atoms with Crippen LogP contribution in [-0.4, -0.2) is 25.2 Å². The molecule has 0 saturated heterocycles. The van der Waals surface area contributed by atoms with Crippen molar-refractivity contribution in [2.45, 2.75) is 13.8 Å². The lowest BCUT2D eigenvalue weighted by Crippen LogP contribution is -2.04. The average Bonchev–Trinajstić information content (AvgIpc) is 3.42. The summed E-state index contributed by atoms with van der Waals surface area (Å²) in [5.41, 5.74) is 1.23. The molecule has 0 radical (unpaired) electrons. The van der Waals surface area contributed by atoms with E-state index in [9.17, 15) is 9.59 Å². The van der Waals surface area contributed by atoms with Gasteiger partial charge in [-0.2, -0.15) is 0 Å². The summed E-state index contributed by atoms with van der Waals surface area (Å²) < 4.78 is 12.6. The average molecular weight is 449 g/mol. The van der Waals surface area contributed by atoms with Crippen molar-refractivity contribution in [1.82, 2.24) is 0 Å². The summed E-state index contributed by atoms with van der Waals surface area (Å²) in [6.45, 7) is 4.34. The lowest BCUT2D eigenvalue weighted by atomic mass is 10.2. The molecule has 28 heavy (non-hydrogen) atoms.